The van der Waals surface area contributed by atoms with E-state index in [1.165, 1.54) is 21.7 Å². The molecule has 0 aromatic heterocycles. The van der Waals surface area contributed by atoms with Gasteiger partial charge in [-0.3, -0.25) is 0 Å². The number of nitrogens with two attached hydrogens (primary N) is 1. The summed E-state index contributed by atoms with van der Waals surface area (Å²) in [4.78, 5) is 0. The van der Waals surface area contributed by atoms with Crippen molar-refractivity contribution in [2.75, 3.05) is 6.54 Å². The molecule has 0 aromatic carbocycles. The quantitative estimate of drug-likeness (QED) is 0.548. The zero-order valence-electron chi connectivity index (χ0n) is 5.61. The third kappa shape index (κ3) is 6.76. The average molecular weight is 220 g/mol. The van der Waals surface area contributed by atoms with Crippen LogP contribution in [-0.4, -0.2) is 27.7 Å². The van der Waals surface area contributed by atoms with Crippen LogP contribution in [0, 0.1) is 0 Å². The van der Waals surface area contributed by atoms with Crippen molar-refractivity contribution in [2.45, 2.75) is 28.6 Å². The molecule has 0 heterocycles. The van der Waals surface area contributed by atoms with E-state index in [0.717, 1.165) is 6.54 Å². The van der Waals surface area contributed by atoms with Crippen molar-refractivity contribution in [3.8, 4) is 0 Å². The van der Waals surface area contributed by atoms with Gasteiger partial charge in [-0.1, -0.05) is 0 Å². The minimum atomic E-state index is 0.115. The summed E-state index contributed by atoms with van der Waals surface area (Å²) in [5, 5.41) is 0. The standard InChI is InChI=1S/C4H10N.C2H5.Sn/c1-2-3-4-5;1-2;/h1-5H2;1H2,2H3;. The molecule has 0 unspecified atom stereocenters. The van der Waals surface area contributed by atoms with Crippen molar-refractivity contribution in [3.63, 3.8) is 0 Å². The summed E-state index contributed by atoms with van der Waals surface area (Å²) in [6.07, 6.45) is 2.65. The SMILES string of the molecule is C[CH2][Sn][CH2]CCCN. The topological polar surface area (TPSA) is 26.0 Å². The zero-order valence-corrected chi connectivity index (χ0v) is 8.47. The second-order valence-corrected chi connectivity index (χ2v) is 6.72. The molecular formula is C6H15NSn. The molecule has 0 fully saturated rings. The second kappa shape index (κ2) is 7.76. The van der Waals surface area contributed by atoms with Crippen molar-refractivity contribution in [1.82, 2.24) is 0 Å². The van der Waals surface area contributed by atoms with Crippen molar-refractivity contribution in [3.05, 3.63) is 0 Å². The zero-order chi connectivity index (χ0) is 6.24. The molecule has 0 aromatic rings. The summed E-state index contributed by atoms with van der Waals surface area (Å²) in [6, 6.07) is 0. The summed E-state index contributed by atoms with van der Waals surface area (Å²) in [5.41, 5.74) is 5.33. The summed E-state index contributed by atoms with van der Waals surface area (Å²) < 4.78 is 3.03. The molecule has 2 N–H and O–H groups in total. The fourth-order valence-electron chi connectivity index (χ4n) is 0.571. The molecule has 0 atom stereocenters. The molecule has 0 aliphatic rings. The fraction of sp³-hybridized carbons (Fsp3) is 1.00. The van der Waals surface area contributed by atoms with E-state index in [9.17, 15) is 0 Å². The summed E-state index contributed by atoms with van der Waals surface area (Å²) >= 11 is 0.115. The Morgan fingerprint density at radius 2 is 2.12 bits per heavy atom. The van der Waals surface area contributed by atoms with Crippen molar-refractivity contribution >= 4 is 21.1 Å². The van der Waals surface area contributed by atoms with Gasteiger partial charge in [0.15, 0.2) is 0 Å². The number of rotatable bonds is 5. The van der Waals surface area contributed by atoms with E-state index in [4.69, 9.17) is 5.73 Å². The van der Waals surface area contributed by atoms with Crippen LogP contribution in [0.2, 0.25) is 8.87 Å². The third-order valence-electron chi connectivity index (χ3n) is 1.06. The van der Waals surface area contributed by atoms with Gasteiger partial charge >= 0.3 is 62.1 Å². The predicted molar refractivity (Wildman–Crippen MR) is 39.3 cm³/mol. The minimum absolute atomic E-state index is 0.115. The Hall–Kier alpha value is 0.759. The first-order valence-corrected chi connectivity index (χ1v) is 7.36. The van der Waals surface area contributed by atoms with Crippen LogP contribution in [0.3, 0.4) is 0 Å². The van der Waals surface area contributed by atoms with Crippen LogP contribution in [0.1, 0.15) is 19.8 Å². The number of unbranched alkanes of at least 4 members (excludes halogenated alkanes) is 1. The van der Waals surface area contributed by atoms with Crippen LogP contribution < -0.4 is 5.73 Å². The fourth-order valence-corrected chi connectivity index (χ4v) is 3.01. The van der Waals surface area contributed by atoms with Crippen LogP contribution >= 0.6 is 0 Å². The molecule has 2 radical (unpaired) electrons. The molecule has 0 amide bonds. The Kier molecular flexibility index (Phi) is 8.49. The Balaban J connectivity index is 2.53. The Labute approximate surface area is 62.2 Å². The van der Waals surface area contributed by atoms with Crippen molar-refractivity contribution < 1.29 is 0 Å². The number of hydrogen-bond acceptors (Lipinski definition) is 1. The van der Waals surface area contributed by atoms with Gasteiger partial charge in [-0.05, 0) is 0 Å². The first-order chi connectivity index (χ1) is 3.91. The Morgan fingerprint density at radius 3 is 2.62 bits per heavy atom. The molecule has 8 heavy (non-hydrogen) atoms. The molecule has 0 spiro atoms. The molecule has 2 heteroatoms. The Bertz CT molecular complexity index is 33.5. The van der Waals surface area contributed by atoms with Crippen LogP contribution in [0.5, 0.6) is 0 Å². The van der Waals surface area contributed by atoms with Crippen molar-refractivity contribution in [2.24, 2.45) is 5.73 Å². The van der Waals surface area contributed by atoms with Crippen LogP contribution in [0.25, 0.3) is 0 Å². The summed E-state index contributed by atoms with van der Waals surface area (Å²) in [5.74, 6) is 0. The Morgan fingerprint density at radius 1 is 1.38 bits per heavy atom. The molecular weight excluding hydrogens is 205 g/mol. The maximum absolute atomic E-state index is 5.33. The average Bonchev–Trinajstić information content (AvgIpc) is 1.81. The van der Waals surface area contributed by atoms with E-state index < -0.39 is 0 Å². The predicted octanol–water partition coefficient (Wildman–Crippen LogP) is 1.29. The van der Waals surface area contributed by atoms with Gasteiger partial charge in [-0.25, -0.2) is 0 Å². The first kappa shape index (κ1) is 8.76. The van der Waals surface area contributed by atoms with E-state index in [2.05, 4.69) is 6.92 Å². The van der Waals surface area contributed by atoms with Gasteiger partial charge in [0, 0.05) is 0 Å². The monoisotopic (exact) mass is 221 g/mol. The van der Waals surface area contributed by atoms with E-state index in [1.807, 2.05) is 0 Å². The van der Waals surface area contributed by atoms with Gasteiger partial charge in [0.1, 0.15) is 0 Å². The molecule has 0 saturated carbocycles. The van der Waals surface area contributed by atoms with Gasteiger partial charge < -0.3 is 0 Å². The molecule has 0 saturated heterocycles. The van der Waals surface area contributed by atoms with Crippen molar-refractivity contribution in [1.29, 1.82) is 0 Å². The molecule has 0 rings (SSSR count). The van der Waals surface area contributed by atoms with Crippen LogP contribution in [0.4, 0.5) is 0 Å². The molecule has 1 nitrogen and oxygen atoms in total. The van der Waals surface area contributed by atoms with Crippen LogP contribution in [-0.2, 0) is 0 Å². The van der Waals surface area contributed by atoms with Gasteiger partial charge in [-0.15, -0.1) is 0 Å². The first-order valence-electron chi connectivity index (χ1n) is 3.32. The summed E-state index contributed by atoms with van der Waals surface area (Å²) in [7, 11) is 0. The third-order valence-corrected chi connectivity index (χ3v) is 4.50. The van der Waals surface area contributed by atoms with Gasteiger partial charge in [0.2, 0.25) is 0 Å². The second-order valence-electron chi connectivity index (χ2n) is 1.85. The molecule has 0 aliphatic carbocycles. The van der Waals surface area contributed by atoms with Gasteiger partial charge in [-0.2, -0.15) is 0 Å². The maximum atomic E-state index is 5.33. The molecule has 0 bridgehead atoms. The van der Waals surface area contributed by atoms with E-state index in [-0.39, 0.29) is 21.1 Å². The van der Waals surface area contributed by atoms with Gasteiger partial charge in [0.25, 0.3) is 0 Å². The van der Waals surface area contributed by atoms with E-state index >= 15 is 0 Å². The molecule has 0 aliphatic heterocycles. The van der Waals surface area contributed by atoms with Crippen LogP contribution in [0.15, 0.2) is 0 Å². The van der Waals surface area contributed by atoms with Gasteiger partial charge in [0.05, 0.1) is 0 Å². The normalized spacial score (nSPS) is 9.75. The van der Waals surface area contributed by atoms with E-state index in [1.54, 1.807) is 0 Å². The number of hydrogen-bond donors (Lipinski definition) is 1. The summed E-state index contributed by atoms with van der Waals surface area (Å²) in [6.45, 7) is 3.19. The van der Waals surface area contributed by atoms with E-state index in [0.29, 0.717) is 0 Å². The molecule has 48 valence electrons.